The zero-order valence-electron chi connectivity index (χ0n) is 11.5. The lowest BCUT2D eigenvalue weighted by atomic mass is 10.1. The fourth-order valence-corrected chi connectivity index (χ4v) is 3.10. The zero-order chi connectivity index (χ0) is 13.1. The second kappa shape index (κ2) is 5.67. The van der Waals surface area contributed by atoms with Crippen LogP contribution >= 0.6 is 11.3 Å². The molecule has 0 fully saturated rings. The van der Waals surface area contributed by atoms with Crippen LogP contribution in [0.2, 0.25) is 0 Å². The van der Waals surface area contributed by atoms with E-state index in [1.807, 2.05) is 29.3 Å². The first-order chi connectivity index (χ1) is 8.61. The van der Waals surface area contributed by atoms with Crippen LogP contribution in [0.3, 0.4) is 0 Å². The number of hydrogen-bond donors (Lipinski definition) is 1. The Balaban J connectivity index is 2.30. The molecule has 4 heteroatoms. The minimum Gasteiger partial charge on any atom is -0.304 e. The van der Waals surface area contributed by atoms with Crippen LogP contribution in [0.25, 0.3) is 0 Å². The van der Waals surface area contributed by atoms with Crippen LogP contribution in [0, 0.1) is 13.8 Å². The number of nitrogens with one attached hydrogen (secondary N) is 1. The van der Waals surface area contributed by atoms with E-state index in [9.17, 15) is 0 Å². The van der Waals surface area contributed by atoms with Crippen molar-refractivity contribution in [3.8, 4) is 0 Å². The van der Waals surface area contributed by atoms with Gasteiger partial charge in [0.2, 0.25) is 0 Å². The van der Waals surface area contributed by atoms with Gasteiger partial charge in [-0.05, 0) is 44.5 Å². The van der Waals surface area contributed by atoms with E-state index in [0.717, 1.165) is 18.7 Å². The molecule has 0 aliphatic heterocycles. The van der Waals surface area contributed by atoms with Crippen LogP contribution < -0.4 is 5.32 Å². The third-order valence-corrected chi connectivity index (χ3v) is 4.32. The van der Waals surface area contributed by atoms with Gasteiger partial charge in [-0.15, -0.1) is 11.3 Å². The van der Waals surface area contributed by atoms with Gasteiger partial charge in [-0.1, -0.05) is 6.92 Å². The summed E-state index contributed by atoms with van der Waals surface area (Å²) in [4.78, 5) is 2.75. The van der Waals surface area contributed by atoms with Gasteiger partial charge < -0.3 is 5.32 Å². The van der Waals surface area contributed by atoms with E-state index >= 15 is 0 Å². The molecule has 2 aromatic rings. The molecule has 2 heterocycles. The van der Waals surface area contributed by atoms with Crippen molar-refractivity contribution in [3.05, 3.63) is 39.3 Å². The van der Waals surface area contributed by atoms with Crippen LogP contribution in [0.4, 0.5) is 0 Å². The first-order valence-electron chi connectivity index (χ1n) is 6.41. The number of aromatic nitrogens is 2. The van der Waals surface area contributed by atoms with Crippen molar-refractivity contribution < 1.29 is 0 Å². The second-order valence-electron chi connectivity index (χ2n) is 4.69. The van der Waals surface area contributed by atoms with Crippen molar-refractivity contribution in [2.45, 2.75) is 33.2 Å². The fraction of sp³-hybridized carbons (Fsp3) is 0.500. The van der Waals surface area contributed by atoms with Crippen LogP contribution in [-0.2, 0) is 7.05 Å². The Morgan fingerprint density at radius 2 is 2.22 bits per heavy atom. The van der Waals surface area contributed by atoms with Gasteiger partial charge in [0.25, 0.3) is 0 Å². The summed E-state index contributed by atoms with van der Waals surface area (Å²) >= 11 is 1.87. The van der Waals surface area contributed by atoms with Crippen molar-refractivity contribution in [1.29, 1.82) is 0 Å². The quantitative estimate of drug-likeness (QED) is 0.898. The lowest BCUT2D eigenvalue weighted by molar-refractivity contribution is 0.582. The van der Waals surface area contributed by atoms with E-state index in [0.29, 0.717) is 0 Å². The minimum atomic E-state index is 0.226. The SMILES string of the molecule is CCCNC(c1ccn(C)n1)c1cc(C)c(C)s1. The summed E-state index contributed by atoms with van der Waals surface area (Å²) in [6.45, 7) is 7.55. The van der Waals surface area contributed by atoms with Gasteiger partial charge in [-0.3, -0.25) is 4.68 Å². The highest BCUT2D eigenvalue weighted by atomic mass is 32.1. The molecule has 2 aromatic heterocycles. The molecule has 0 saturated heterocycles. The Labute approximate surface area is 113 Å². The molecular weight excluding hydrogens is 242 g/mol. The van der Waals surface area contributed by atoms with Crippen LogP contribution in [0.5, 0.6) is 0 Å². The first-order valence-corrected chi connectivity index (χ1v) is 7.23. The number of thiophene rings is 1. The van der Waals surface area contributed by atoms with E-state index in [1.165, 1.54) is 15.3 Å². The van der Waals surface area contributed by atoms with E-state index in [-0.39, 0.29) is 6.04 Å². The van der Waals surface area contributed by atoms with Crippen molar-refractivity contribution in [2.75, 3.05) is 6.54 Å². The lowest BCUT2D eigenvalue weighted by Gasteiger charge is -2.14. The van der Waals surface area contributed by atoms with Gasteiger partial charge in [-0.25, -0.2) is 0 Å². The highest BCUT2D eigenvalue weighted by Crippen LogP contribution is 2.30. The Morgan fingerprint density at radius 3 is 2.72 bits per heavy atom. The van der Waals surface area contributed by atoms with Gasteiger partial charge in [-0.2, -0.15) is 5.10 Å². The zero-order valence-corrected chi connectivity index (χ0v) is 12.3. The molecule has 0 bridgehead atoms. The molecule has 3 nitrogen and oxygen atoms in total. The summed E-state index contributed by atoms with van der Waals surface area (Å²) in [7, 11) is 1.96. The monoisotopic (exact) mass is 263 g/mol. The second-order valence-corrected chi connectivity index (χ2v) is 5.98. The predicted octanol–water partition coefficient (Wildman–Crippen LogP) is 3.19. The summed E-state index contributed by atoms with van der Waals surface area (Å²) < 4.78 is 1.86. The van der Waals surface area contributed by atoms with Crippen molar-refractivity contribution in [2.24, 2.45) is 7.05 Å². The summed E-state index contributed by atoms with van der Waals surface area (Å²) in [6, 6.07) is 4.60. The van der Waals surface area contributed by atoms with Crippen LogP contribution in [0.1, 0.15) is 40.4 Å². The molecule has 18 heavy (non-hydrogen) atoms. The molecular formula is C14H21N3S. The molecule has 98 valence electrons. The van der Waals surface area contributed by atoms with E-state index in [1.54, 1.807) is 0 Å². The summed E-state index contributed by atoms with van der Waals surface area (Å²) in [6.07, 6.45) is 3.13. The highest BCUT2D eigenvalue weighted by Gasteiger charge is 2.18. The third-order valence-electron chi connectivity index (χ3n) is 3.10. The fourth-order valence-electron chi connectivity index (χ4n) is 1.97. The molecule has 0 aliphatic carbocycles. The van der Waals surface area contributed by atoms with Crippen molar-refractivity contribution in [1.82, 2.24) is 15.1 Å². The van der Waals surface area contributed by atoms with Gasteiger partial charge in [0, 0.05) is 23.0 Å². The first kappa shape index (κ1) is 13.3. The van der Waals surface area contributed by atoms with Gasteiger partial charge in [0.1, 0.15) is 0 Å². The molecule has 0 saturated carbocycles. The summed E-state index contributed by atoms with van der Waals surface area (Å²) in [5.74, 6) is 0. The highest BCUT2D eigenvalue weighted by molar-refractivity contribution is 7.12. The smallest absolute Gasteiger partial charge is 0.0863 e. The molecule has 0 amide bonds. The molecule has 1 unspecified atom stereocenters. The third kappa shape index (κ3) is 2.82. The molecule has 0 spiro atoms. The predicted molar refractivity (Wildman–Crippen MR) is 77.1 cm³/mol. The van der Waals surface area contributed by atoms with Crippen molar-refractivity contribution >= 4 is 11.3 Å². The number of nitrogens with zero attached hydrogens (tertiary/aromatic N) is 2. The maximum absolute atomic E-state index is 4.54. The summed E-state index contributed by atoms with van der Waals surface area (Å²) in [5.41, 5.74) is 2.47. The Hall–Kier alpha value is -1.13. The lowest BCUT2D eigenvalue weighted by Crippen LogP contribution is -2.23. The molecule has 0 radical (unpaired) electrons. The number of hydrogen-bond acceptors (Lipinski definition) is 3. The minimum absolute atomic E-state index is 0.226. The molecule has 0 aromatic carbocycles. The van der Waals surface area contributed by atoms with E-state index in [4.69, 9.17) is 0 Å². The van der Waals surface area contributed by atoms with E-state index in [2.05, 4.69) is 43.3 Å². The normalized spacial score (nSPS) is 12.9. The largest absolute Gasteiger partial charge is 0.304 e. The number of rotatable bonds is 5. The topological polar surface area (TPSA) is 29.9 Å². The standard InChI is InChI=1S/C14H21N3S/c1-5-7-15-14(12-6-8-17(4)16-12)13-9-10(2)11(3)18-13/h6,8-9,14-15H,5,7H2,1-4H3. The maximum atomic E-state index is 4.54. The van der Waals surface area contributed by atoms with Gasteiger partial charge >= 0.3 is 0 Å². The number of aryl methyl sites for hydroxylation is 3. The van der Waals surface area contributed by atoms with Crippen LogP contribution in [0.15, 0.2) is 18.3 Å². The average Bonchev–Trinajstić information content (AvgIpc) is 2.88. The molecule has 1 N–H and O–H groups in total. The van der Waals surface area contributed by atoms with Crippen molar-refractivity contribution in [3.63, 3.8) is 0 Å². The molecule has 0 aliphatic rings. The Morgan fingerprint density at radius 1 is 1.44 bits per heavy atom. The maximum Gasteiger partial charge on any atom is 0.0863 e. The average molecular weight is 263 g/mol. The van der Waals surface area contributed by atoms with Crippen LogP contribution in [-0.4, -0.2) is 16.3 Å². The Kier molecular flexibility index (Phi) is 4.19. The Bertz CT molecular complexity index is 493. The summed E-state index contributed by atoms with van der Waals surface area (Å²) in [5, 5.41) is 8.13. The van der Waals surface area contributed by atoms with E-state index < -0.39 is 0 Å². The molecule has 2 rings (SSSR count). The van der Waals surface area contributed by atoms with Gasteiger partial charge in [0.15, 0.2) is 0 Å². The molecule has 1 atom stereocenters. The van der Waals surface area contributed by atoms with Gasteiger partial charge in [0.05, 0.1) is 11.7 Å².